The molecule has 1 aromatic carbocycles. The third kappa shape index (κ3) is 3.61. The summed E-state index contributed by atoms with van der Waals surface area (Å²) in [6.45, 7) is 8.14. The largest absolute Gasteiger partial charge is 0.338 e. The molecule has 0 aliphatic heterocycles. The summed E-state index contributed by atoms with van der Waals surface area (Å²) in [6, 6.07) is 7.52. The molecule has 2 aromatic heterocycles. The van der Waals surface area contributed by atoms with E-state index in [4.69, 9.17) is 9.51 Å². The minimum absolute atomic E-state index is 0.00384. The Kier molecular flexibility index (Phi) is 5.22. The van der Waals surface area contributed by atoms with Gasteiger partial charge in [-0.05, 0) is 25.5 Å². The second-order valence-corrected chi connectivity index (χ2v) is 7.28. The molecule has 0 radical (unpaired) electrons. The topological polar surface area (TPSA) is 73.8 Å². The Morgan fingerprint density at radius 3 is 2.64 bits per heavy atom. The van der Waals surface area contributed by atoms with Crippen LogP contribution in [-0.4, -0.2) is 19.7 Å². The molecule has 7 heteroatoms. The molecule has 0 aliphatic carbocycles. The zero-order valence-electron chi connectivity index (χ0n) is 14.9. The van der Waals surface area contributed by atoms with Gasteiger partial charge in [0.25, 0.3) is 5.56 Å². The summed E-state index contributed by atoms with van der Waals surface area (Å²) in [6.07, 6.45) is 0.853. The predicted molar refractivity (Wildman–Crippen MR) is 99.0 cm³/mol. The van der Waals surface area contributed by atoms with E-state index >= 15 is 0 Å². The molecule has 0 bridgehead atoms. The minimum Gasteiger partial charge on any atom is -0.338 e. The Hall–Kier alpha value is -2.15. The van der Waals surface area contributed by atoms with Crippen LogP contribution in [0.15, 0.2) is 38.7 Å². The Morgan fingerprint density at radius 2 is 1.96 bits per heavy atom. The first kappa shape index (κ1) is 17.7. The number of para-hydroxylation sites is 1. The van der Waals surface area contributed by atoms with Gasteiger partial charge in [-0.2, -0.15) is 4.98 Å². The highest BCUT2D eigenvalue weighted by atomic mass is 32.2. The van der Waals surface area contributed by atoms with Crippen molar-refractivity contribution in [3.63, 3.8) is 0 Å². The summed E-state index contributed by atoms with van der Waals surface area (Å²) in [5.74, 6) is 1.95. The molecular formula is C18H22N4O2S. The Morgan fingerprint density at radius 1 is 1.20 bits per heavy atom. The number of hydrogen-bond donors (Lipinski definition) is 0. The van der Waals surface area contributed by atoms with Gasteiger partial charge in [0.1, 0.15) is 0 Å². The van der Waals surface area contributed by atoms with Gasteiger partial charge in [0.2, 0.25) is 5.89 Å². The highest BCUT2D eigenvalue weighted by Crippen LogP contribution is 2.25. The van der Waals surface area contributed by atoms with Crippen molar-refractivity contribution in [3.05, 3.63) is 46.3 Å². The maximum Gasteiger partial charge on any atom is 0.262 e. The van der Waals surface area contributed by atoms with E-state index in [2.05, 4.69) is 17.1 Å². The first-order chi connectivity index (χ1) is 12.0. The van der Waals surface area contributed by atoms with Crippen LogP contribution in [0, 0.1) is 0 Å². The number of aromatic nitrogens is 4. The average Bonchev–Trinajstić information content (AvgIpc) is 3.09. The molecule has 0 saturated carbocycles. The van der Waals surface area contributed by atoms with E-state index < -0.39 is 0 Å². The molecule has 6 nitrogen and oxygen atoms in total. The molecule has 0 aliphatic rings. The average molecular weight is 358 g/mol. The molecular weight excluding hydrogens is 336 g/mol. The molecule has 3 rings (SSSR count). The van der Waals surface area contributed by atoms with Crippen molar-refractivity contribution >= 4 is 22.7 Å². The number of benzene rings is 1. The van der Waals surface area contributed by atoms with Gasteiger partial charge in [0.15, 0.2) is 11.0 Å². The summed E-state index contributed by atoms with van der Waals surface area (Å²) in [5, 5.41) is 5.31. The Bertz CT molecular complexity index is 932. The summed E-state index contributed by atoms with van der Waals surface area (Å²) < 4.78 is 7.07. The van der Waals surface area contributed by atoms with E-state index in [-0.39, 0.29) is 17.5 Å². The van der Waals surface area contributed by atoms with E-state index in [1.165, 1.54) is 11.8 Å². The van der Waals surface area contributed by atoms with Gasteiger partial charge in [-0.15, -0.1) is 0 Å². The summed E-state index contributed by atoms with van der Waals surface area (Å²) in [5.41, 5.74) is 0.707. The van der Waals surface area contributed by atoms with Crippen molar-refractivity contribution in [1.82, 2.24) is 19.7 Å². The molecule has 3 aromatic rings. The van der Waals surface area contributed by atoms with Crippen LogP contribution in [0.5, 0.6) is 0 Å². The maximum absolute atomic E-state index is 12.9. The molecule has 0 N–H and O–H groups in total. The van der Waals surface area contributed by atoms with Gasteiger partial charge in [-0.3, -0.25) is 9.36 Å². The van der Waals surface area contributed by atoms with Gasteiger partial charge in [-0.1, -0.05) is 49.8 Å². The standard InChI is InChI=1S/C18H22N4O2S/c1-5-12(4)22-17(23)13-8-6-7-9-14(13)19-18(22)25-10-15-20-16(11(2)3)21-24-15/h6-9,11-12H,5,10H2,1-4H3/t12-/m1/s1. The van der Waals surface area contributed by atoms with Crippen LogP contribution in [0.25, 0.3) is 10.9 Å². The van der Waals surface area contributed by atoms with Crippen LogP contribution < -0.4 is 5.56 Å². The zero-order valence-corrected chi connectivity index (χ0v) is 15.7. The van der Waals surface area contributed by atoms with Crippen molar-refractivity contribution in [2.24, 2.45) is 0 Å². The van der Waals surface area contributed by atoms with Gasteiger partial charge in [-0.25, -0.2) is 4.98 Å². The zero-order chi connectivity index (χ0) is 18.0. The minimum atomic E-state index is -0.00384. The van der Waals surface area contributed by atoms with Gasteiger partial charge >= 0.3 is 0 Å². The first-order valence-corrected chi connectivity index (χ1v) is 9.46. The lowest BCUT2D eigenvalue weighted by atomic mass is 10.2. The lowest BCUT2D eigenvalue weighted by Gasteiger charge is -2.17. The number of hydrogen-bond acceptors (Lipinski definition) is 6. The van der Waals surface area contributed by atoms with Crippen LogP contribution in [0.4, 0.5) is 0 Å². The number of rotatable bonds is 6. The molecule has 132 valence electrons. The van der Waals surface area contributed by atoms with E-state index in [0.717, 1.165) is 6.42 Å². The van der Waals surface area contributed by atoms with Crippen molar-refractivity contribution in [1.29, 1.82) is 0 Å². The summed E-state index contributed by atoms with van der Waals surface area (Å²) >= 11 is 1.45. The molecule has 0 saturated heterocycles. The molecule has 0 fully saturated rings. The number of nitrogens with zero attached hydrogens (tertiary/aromatic N) is 4. The smallest absolute Gasteiger partial charge is 0.262 e. The Balaban J connectivity index is 1.97. The molecule has 0 unspecified atom stereocenters. The fraction of sp³-hybridized carbons (Fsp3) is 0.444. The fourth-order valence-corrected chi connectivity index (χ4v) is 3.42. The van der Waals surface area contributed by atoms with Crippen LogP contribution in [0.3, 0.4) is 0 Å². The van der Waals surface area contributed by atoms with E-state index in [1.54, 1.807) is 4.57 Å². The highest BCUT2D eigenvalue weighted by Gasteiger charge is 2.17. The van der Waals surface area contributed by atoms with Crippen LogP contribution >= 0.6 is 11.8 Å². The van der Waals surface area contributed by atoms with Gasteiger partial charge in [0, 0.05) is 12.0 Å². The van der Waals surface area contributed by atoms with E-state index in [1.807, 2.05) is 45.0 Å². The number of fused-ring (bicyclic) bond motifs is 1. The first-order valence-electron chi connectivity index (χ1n) is 8.47. The van der Waals surface area contributed by atoms with Gasteiger partial charge < -0.3 is 4.52 Å². The fourth-order valence-electron chi connectivity index (χ4n) is 2.49. The van der Waals surface area contributed by atoms with Crippen molar-refractivity contribution in [2.45, 2.75) is 57.0 Å². The summed E-state index contributed by atoms with van der Waals surface area (Å²) in [4.78, 5) is 22.0. The van der Waals surface area contributed by atoms with Gasteiger partial charge in [0.05, 0.1) is 16.7 Å². The quantitative estimate of drug-likeness (QED) is 0.486. The predicted octanol–water partition coefficient (Wildman–Crippen LogP) is 4.17. The third-order valence-corrected chi connectivity index (χ3v) is 5.07. The van der Waals surface area contributed by atoms with Crippen molar-refractivity contribution < 1.29 is 4.52 Å². The van der Waals surface area contributed by atoms with Crippen molar-refractivity contribution in [3.8, 4) is 0 Å². The Labute approximate surface area is 150 Å². The monoisotopic (exact) mass is 358 g/mol. The second-order valence-electron chi connectivity index (χ2n) is 6.33. The molecule has 0 spiro atoms. The van der Waals surface area contributed by atoms with E-state index in [9.17, 15) is 4.79 Å². The highest BCUT2D eigenvalue weighted by molar-refractivity contribution is 7.98. The van der Waals surface area contributed by atoms with E-state index in [0.29, 0.717) is 33.5 Å². The molecule has 25 heavy (non-hydrogen) atoms. The normalized spacial score (nSPS) is 12.8. The SMILES string of the molecule is CC[C@@H](C)n1c(SCc2nc(C(C)C)no2)nc2ccccc2c1=O. The van der Waals surface area contributed by atoms with Crippen molar-refractivity contribution in [2.75, 3.05) is 0 Å². The maximum atomic E-state index is 12.9. The lowest BCUT2D eigenvalue weighted by Crippen LogP contribution is -2.26. The second kappa shape index (κ2) is 7.39. The molecule has 1 atom stereocenters. The lowest BCUT2D eigenvalue weighted by molar-refractivity contribution is 0.382. The van der Waals surface area contributed by atoms with Crippen LogP contribution in [0.2, 0.25) is 0 Å². The number of thioether (sulfide) groups is 1. The van der Waals surface area contributed by atoms with Crippen LogP contribution in [0.1, 0.15) is 57.8 Å². The molecule has 0 amide bonds. The third-order valence-electron chi connectivity index (χ3n) is 4.13. The summed E-state index contributed by atoms with van der Waals surface area (Å²) in [7, 11) is 0. The molecule has 2 heterocycles. The van der Waals surface area contributed by atoms with Crippen LogP contribution in [-0.2, 0) is 5.75 Å².